The minimum Gasteiger partial charge on any atom is -0.371 e. The van der Waals surface area contributed by atoms with Crippen LogP contribution in [0.15, 0.2) is 42.0 Å². The predicted octanol–water partition coefficient (Wildman–Crippen LogP) is 1.79. The first-order valence-electron chi connectivity index (χ1n) is 8.46. The predicted molar refractivity (Wildman–Crippen MR) is 98.3 cm³/mol. The summed E-state index contributed by atoms with van der Waals surface area (Å²) in [6, 6.07) is 7.88. The van der Waals surface area contributed by atoms with Crippen molar-refractivity contribution in [2.45, 2.75) is 19.4 Å². The number of carbonyl (C=O) groups excluding carboxylic acids is 2. The van der Waals surface area contributed by atoms with Crippen LogP contribution in [0.1, 0.15) is 17.7 Å². The van der Waals surface area contributed by atoms with E-state index in [0.717, 1.165) is 30.8 Å². The molecule has 0 aromatic carbocycles. The highest BCUT2D eigenvalue weighted by Crippen LogP contribution is 2.22. The van der Waals surface area contributed by atoms with Crippen molar-refractivity contribution in [3.8, 4) is 0 Å². The van der Waals surface area contributed by atoms with Crippen molar-refractivity contribution < 1.29 is 9.59 Å². The van der Waals surface area contributed by atoms with Crippen molar-refractivity contribution in [2.24, 2.45) is 5.92 Å². The van der Waals surface area contributed by atoms with Crippen molar-refractivity contribution in [1.29, 1.82) is 0 Å². The summed E-state index contributed by atoms with van der Waals surface area (Å²) >= 11 is 1.56. The Kier molecular flexibility index (Phi) is 6.00. The Bertz CT molecular complexity index is 682. The summed E-state index contributed by atoms with van der Waals surface area (Å²) in [5.74, 6) is -0.706. The molecule has 6 nitrogen and oxygen atoms in total. The van der Waals surface area contributed by atoms with Crippen LogP contribution >= 0.6 is 11.3 Å². The Labute approximate surface area is 151 Å². The number of hydrogen-bond acceptors (Lipinski definition) is 5. The van der Waals surface area contributed by atoms with Gasteiger partial charge in [-0.05, 0) is 42.3 Å². The van der Waals surface area contributed by atoms with E-state index in [-0.39, 0.29) is 0 Å². The fourth-order valence-electron chi connectivity index (χ4n) is 2.93. The molecule has 2 N–H and O–H groups in total. The molecule has 3 rings (SSSR count). The van der Waals surface area contributed by atoms with Crippen LogP contribution in [-0.2, 0) is 16.1 Å². The topological polar surface area (TPSA) is 74.3 Å². The van der Waals surface area contributed by atoms with Crippen molar-refractivity contribution in [3.05, 3.63) is 46.9 Å². The van der Waals surface area contributed by atoms with E-state index in [4.69, 9.17) is 0 Å². The normalized spacial score (nSPS) is 15.0. The summed E-state index contributed by atoms with van der Waals surface area (Å²) in [5.41, 5.74) is 1.19. The van der Waals surface area contributed by atoms with Gasteiger partial charge in [-0.2, -0.15) is 0 Å². The Hall–Kier alpha value is -2.41. The Morgan fingerprint density at radius 1 is 1.12 bits per heavy atom. The highest BCUT2D eigenvalue weighted by Gasteiger charge is 2.21. The number of nitrogens with one attached hydrogen (secondary N) is 2. The molecule has 3 heterocycles. The zero-order valence-corrected chi connectivity index (χ0v) is 14.8. The van der Waals surface area contributed by atoms with Crippen molar-refractivity contribution in [1.82, 2.24) is 15.6 Å². The molecule has 0 atom stereocenters. The van der Waals surface area contributed by atoms with Gasteiger partial charge in [0.25, 0.3) is 0 Å². The maximum atomic E-state index is 11.9. The third-order valence-corrected chi connectivity index (χ3v) is 5.28. The summed E-state index contributed by atoms with van der Waals surface area (Å²) < 4.78 is 0. The number of aromatic nitrogens is 1. The number of carbonyl (C=O) groups is 2. The summed E-state index contributed by atoms with van der Waals surface area (Å²) in [4.78, 5) is 31.1. The van der Waals surface area contributed by atoms with Crippen LogP contribution in [0.5, 0.6) is 0 Å². The molecule has 0 radical (unpaired) electrons. The molecule has 0 aliphatic carbocycles. The van der Waals surface area contributed by atoms with E-state index in [9.17, 15) is 9.59 Å². The van der Waals surface area contributed by atoms with E-state index < -0.39 is 11.8 Å². The van der Waals surface area contributed by atoms with Crippen LogP contribution in [0, 0.1) is 5.92 Å². The minimum absolute atomic E-state index is 0.397. The van der Waals surface area contributed by atoms with Crippen molar-refractivity contribution >= 4 is 28.8 Å². The van der Waals surface area contributed by atoms with Gasteiger partial charge in [0, 0.05) is 42.6 Å². The Morgan fingerprint density at radius 3 is 2.52 bits per heavy atom. The summed E-state index contributed by atoms with van der Waals surface area (Å²) in [6.45, 7) is 2.86. The largest absolute Gasteiger partial charge is 0.371 e. The molecule has 25 heavy (non-hydrogen) atoms. The van der Waals surface area contributed by atoms with Gasteiger partial charge in [-0.3, -0.25) is 14.6 Å². The molecule has 1 fully saturated rings. The van der Waals surface area contributed by atoms with Crippen molar-refractivity contribution in [3.63, 3.8) is 0 Å². The van der Waals surface area contributed by atoms with Gasteiger partial charge in [0.1, 0.15) is 0 Å². The highest BCUT2D eigenvalue weighted by molar-refractivity contribution is 7.09. The van der Waals surface area contributed by atoms with Crippen molar-refractivity contribution in [2.75, 3.05) is 24.5 Å². The number of rotatable bonds is 5. The number of nitrogens with zero attached hydrogens (tertiary/aromatic N) is 2. The quantitative estimate of drug-likeness (QED) is 0.799. The molecule has 2 amide bonds. The minimum atomic E-state index is -0.567. The average molecular weight is 358 g/mol. The zero-order chi connectivity index (χ0) is 17.5. The lowest BCUT2D eigenvalue weighted by atomic mass is 9.96. The summed E-state index contributed by atoms with van der Waals surface area (Å²) in [6.07, 6.45) is 5.60. The van der Waals surface area contributed by atoms with Crippen LogP contribution in [0.25, 0.3) is 0 Å². The number of anilines is 1. The molecule has 1 aliphatic heterocycles. The summed E-state index contributed by atoms with van der Waals surface area (Å²) in [5, 5.41) is 7.35. The van der Waals surface area contributed by atoms with Gasteiger partial charge >= 0.3 is 11.8 Å². The number of pyridine rings is 1. The van der Waals surface area contributed by atoms with E-state index in [1.165, 1.54) is 5.69 Å². The molecule has 0 spiro atoms. The Morgan fingerprint density at radius 2 is 1.84 bits per heavy atom. The first kappa shape index (κ1) is 17.4. The SMILES string of the molecule is O=C(NCc1cccs1)C(=O)NCC1CCN(c2ccncc2)CC1. The molecule has 2 aromatic rings. The third kappa shape index (κ3) is 5.03. The van der Waals surface area contributed by atoms with Gasteiger partial charge in [0.05, 0.1) is 6.54 Å². The van der Waals surface area contributed by atoms with E-state index in [1.54, 1.807) is 23.7 Å². The molecule has 0 saturated carbocycles. The van der Waals surface area contributed by atoms with Gasteiger partial charge in [0.2, 0.25) is 0 Å². The van der Waals surface area contributed by atoms with Gasteiger partial charge in [-0.1, -0.05) is 6.07 Å². The lowest BCUT2D eigenvalue weighted by Gasteiger charge is -2.33. The van der Waals surface area contributed by atoms with Crippen LogP contribution in [0.2, 0.25) is 0 Å². The number of amides is 2. The van der Waals surface area contributed by atoms with Crippen LogP contribution in [-0.4, -0.2) is 36.4 Å². The maximum Gasteiger partial charge on any atom is 0.309 e. The molecular formula is C18H22N4O2S. The molecule has 0 bridgehead atoms. The number of hydrogen-bond donors (Lipinski definition) is 2. The first-order valence-corrected chi connectivity index (χ1v) is 9.33. The van der Waals surface area contributed by atoms with Crippen LogP contribution in [0.3, 0.4) is 0 Å². The molecule has 1 aliphatic rings. The molecule has 0 unspecified atom stereocenters. The van der Waals surface area contributed by atoms with Gasteiger partial charge in [-0.25, -0.2) is 0 Å². The third-order valence-electron chi connectivity index (χ3n) is 4.40. The zero-order valence-electron chi connectivity index (χ0n) is 14.0. The first-order chi connectivity index (χ1) is 12.2. The van der Waals surface area contributed by atoms with Gasteiger partial charge in [0.15, 0.2) is 0 Å². The van der Waals surface area contributed by atoms with Gasteiger partial charge < -0.3 is 15.5 Å². The van der Waals surface area contributed by atoms with Crippen LogP contribution in [0.4, 0.5) is 5.69 Å². The second-order valence-corrected chi connectivity index (χ2v) is 7.14. The molecule has 1 saturated heterocycles. The van der Waals surface area contributed by atoms with E-state index in [0.29, 0.717) is 19.0 Å². The van der Waals surface area contributed by atoms with Crippen LogP contribution < -0.4 is 15.5 Å². The van der Waals surface area contributed by atoms with E-state index in [1.807, 2.05) is 29.6 Å². The molecule has 2 aromatic heterocycles. The lowest BCUT2D eigenvalue weighted by molar-refractivity contribution is -0.139. The summed E-state index contributed by atoms with van der Waals surface area (Å²) in [7, 11) is 0. The number of thiophene rings is 1. The van der Waals surface area contributed by atoms with E-state index in [2.05, 4.69) is 20.5 Å². The van der Waals surface area contributed by atoms with E-state index >= 15 is 0 Å². The monoisotopic (exact) mass is 358 g/mol. The standard InChI is InChI=1S/C18H22N4O2S/c23-17(18(24)21-13-16-2-1-11-25-16)20-12-14-5-9-22(10-6-14)15-3-7-19-8-4-15/h1-4,7-8,11,14H,5-6,9-10,12-13H2,(H,20,23)(H,21,24). The molecule has 7 heteroatoms. The Balaban J connectivity index is 1.36. The second kappa shape index (κ2) is 8.62. The molecular weight excluding hydrogens is 336 g/mol. The van der Waals surface area contributed by atoms with Gasteiger partial charge in [-0.15, -0.1) is 11.3 Å². The molecule has 132 valence electrons. The highest BCUT2D eigenvalue weighted by atomic mass is 32.1. The lowest BCUT2D eigenvalue weighted by Crippen LogP contribution is -2.43. The fraction of sp³-hybridized carbons (Fsp3) is 0.389. The number of piperidine rings is 1. The smallest absolute Gasteiger partial charge is 0.309 e. The maximum absolute atomic E-state index is 11.9. The fourth-order valence-corrected chi connectivity index (χ4v) is 3.57. The average Bonchev–Trinajstić information content (AvgIpc) is 3.19. The second-order valence-electron chi connectivity index (χ2n) is 6.11.